The molecule has 0 aliphatic heterocycles. The van der Waals surface area contributed by atoms with Crippen molar-refractivity contribution in [3.8, 4) is 5.75 Å². The Morgan fingerprint density at radius 2 is 1.44 bits per heavy atom. The van der Waals surface area contributed by atoms with E-state index >= 15 is 0 Å². The molecule has 0 fully saturated rings. The number of benzene rings is 2. The summed E-state index contributed by atoms with van der Waals surface area (Å²) >= 11 is 0. The Bertz CT molecular complexity index is 480. The highest BCUT2D eigenvalue weighted by Crippen LogP contribution is 2.19. The summed E-state index contributed by atoms with van der Waals surface area (Å²) in [6, 6.07) is 15.5. The molecule has 0 saturated heterocycles. The average molecular weight is 235 g/mol. The molecule has 82 valence electrons. The number of carbonyl (C=O) groups is 1. The first-order valence-electron chi connectivity index (χ1n) is 4.67. The van der Waals surface area contributed by atoms with Crippen LogP contribution in [0.1, 0.15) is 15.9 Å². The highest BCUT2D eigenvalue weighted by Gasteiger charge is 2.11. The van der Waals surface area contributed by atoms with Crippen LogP contribution in [-0.4, -0.2) is 10.9 Å². The minimum absolute atomic E-state index is 0. The Balaban J connectivity index is 0.00000128. The predicted molar refractivity (Wildman–Crippen MR) is 65.2 cm³/mol. The van der Waals surface area contributed by atoms with Gasteiger partial charge in [0.15, 0.2) is 5.78 Å². The van der Waals surface area contributed by atoms with Gasteiger partial charge in [-0.3, -0.25) is 4.79 Å². The number of carbonyl (C=O) groups excluding carboxylic acids is 1. The van der Waals surface area contributed by atoms with Gasteiger partial charge in [0, 0.05) is 5.56 Å². The van der Waals surface area contributed by atoms with Crippen molar-refractivity contribution in [2.24, 2.45) is 0 Å². The van der Waals surface area contributed by atoms with E-state index in [-0.39, 0.29) is 23.9 Å². The average Bonchev–Trinajstić information content (AvgIpc) is 2.30. The van der Waals surface area contributed by atoms with Crippen LogP contribution >= 0.6 is 12.4 Å². The molecule has 0 aliphatic rings. The second-order valence-corrected chi connectivity index (χ2v) is 3.21. The molecule has 2 aromatic rings. The molecular weight excluding hydrogens is 224 g/mol. The number of phenolic OH excluding ortho intramolecular Hbond substituents is 1. The number of para-hydroxylation sites is 1. The van der Waals surface area contributed by atoms with Gasteiger partial charge in [0.1, 0.15) is 5.75 Å². The van der Waals surface area contributed by atoms with Crippen molar-refractivity contribution in [2.45, 2.75) is 0 Å². The van der Waals surface area contributed by atoms with E-state index in [1.807, 2.05) is 6.07 Å². The van der Waals surface area contributed by atoms with Crippen LogP contribution in [-0.2, 0) is 0 Å². The molecule has 0 bridgehead atoms. The lowest BCUT2D eigenvalue weighted by molar-refractivity contribution is 0.103. The Morgan fingerprint density at radius 1 is 0.875 bits per heavy atom. The summed E-state index contributed by atoms with van der Waals surface area (Å²) in [6.45, 7) is 0. The van der Waals surface area contributed by atoms with Gasteiger partial charge in [0.2, 0.25) is 0 Å². The second kappa shape index (κ2) is 5.33. The normalized spacial score (nSPS) is 9.25. The van der Waals surface area contributed by atoms with E-state index in [0.29, 0.717) is 11.1 Å². The topological polar surface area (TPSA) is 37.3 Å². The van der Waals surface area contributed by atoms with Crippen molar-refractivity contribution in [2.75, 3.05) is 0 Å². The first kappa shape index (κ1) is 12.3. The molecule has 0 radical (unpaired) electrons. The summed E-state index contributed by atoms with van der Waals surface area (Å²) in [6.07, 6.45) is 0. The van der Waals surface area contributed by atoms with E-state index in [0.717, 1.165) is 0 Å². The van der Waals surface area contributed by atoms with Crippen LogP contribution in [0.2, 0.25) is 0 Å². The van der Waals surface area contributed by atoms with Gasteiger partial charge < -0.3 is 5.11 Å². The van der Waals surface area contributed by atoms with Crippen LogP contribution in [0.15, 0.2) is 54.6 Å². The highest BCUT2D eigenvalue weighted by molar-refractivity contribution is 6.10. The second-order valence-electron chi connectivity index (χ2n) is 3.21. The van der Waals surface area contributed by atoms with Gasteiger partial charge in [0.25, 0.3) is 0 Å². The quantitative estimate of drug-likeness (QED) is 0.811. The minimum Gasteiger partial charge on any atom is -0.507 e. The molecule has 0 saturated carbocycles. The van der Waals surface area contributed by atoms with Crippen molar-refractivity contribution in [3.05, 3.63) is 65.7 Å². The molecule has 0 aromatic heterocycles. The Labute approximate surface area is 100.0 Å². The SMILES string of the molecule is Cl.O=C(c1ccccc1)c1ccccc1O. The maximum absolute atomic E-state index is 11.9. The van der Waals surface area contributed by atoms with Crippen LogP contribution in [0.5, 0.6) is 5.75 Å². The zero-order valence-corrected chi connectivity index (χ0v) is 9.28. The summed E-state index contributed by atoms with van der Waals surface area (Å²) in [5.41, 5.74) is 0.919. The van der Waals surface area contributed by atoms with Crippen molar-refractivity contribution in [1.82, 2.24) is 0 Å². The van der Waals surface area contributed by atoms with Crippen molar-refractivity contribution < 1.29 is 9.90 Å². The molecule has 1 N–H and O–H groups in total. The van der Waals surface area contributed by atoms with E-state index in [1.54, 1.807) is 42.5 Å². The number of rotatable bonds is 2. The van der Waals surface area contributed by atoms with E-state index in [9.17, 15) is 9.90 Å². The molecule has 0 heterocycles. The monoisotopic (exact) mass is 234 g/mol. The molecule has 2 aromatic carbocycles. The summed E-state index contributed by atoms with van der Waals surface area (Å²) in [5, 5.41) is 9.52. The molecule has 0 aliphatic carbocycles. The number of phenols is 1. The lowest BCUT2D eigenvalue weighted by Crippen LogP contribution is -2.00. The molecule has 2 rings (SSSR count). The van der Waals surface area contributed by atoms with Gasteiger partial charge in [-0.2, -0.15) is 0 Å². The first-order chi connectivity index (χ1) is 7.29. The zero-order valence-electron chi connectivity index (χ0n) is 8.46. The van der Waals surface area contributed by atoms with Gasteiger partial charge in [-0.05, 0) is 12.1 Å². The fraction of sp³-hybridized carbons (Fsp3) is 0. The van der Waals surface area contributed by atoms with E-state index in [2.05, 4.69) is 0 Å². The standard InChI is InChI=1S/C13H10O2.ClH/c14-12-9-5-4-8-11(12)13(15)10-6-2-1-3-7-10;/h1-9,14H;1H. The fourth-order valence-electron chi connectivity index (χ4n) is 1.41. The lowest BCUT2D eigenvalue weighted by Gasteiger charge is -2.02. The molecular formula is C13H11ClO2. The molecule has 0 atom stereocenters. The van der Waals surface area contributed by atoms with Crippen LogP contribution in [0.3, 0.4) is 0 Å². The molecule has 0 amide bonds. The summed E-state index contributed by atoms with van der Waals surface area (Å²) in [4.78, 5) is 11.9. The van der Waals surface area contributed by atoms with Crippen LogP contribution in [0.25, 0.3) is 0 Å². The number of hydrogen-bond acceptors (Lipinski definition) is 2. The Morgan fingerprint density at radius 3 is 2.06 bits per heavy atom. The maximum Gasteiger partial charge on any atom is 0.196 e. The Hall–Kier alpha value is -1.80. The number of aromatic hydroxyl groups is 1. The van der Waals surface area contributed by atoms with Gasteiger partial charge in [-0.25, -0.2) is 0 Å². The zero-order chi connectivity index (χ0) is 10.7. The molecule has 3 heteroatoms. The van der Waals surface area contributed by atoms with Crippen molar-refractivity contribution in [3.63, 3.8) is 0 Å². The molecule has 16 heavy (non-hydrogen) atoms. The van der Waals surface area contributed by atoms with Crippen molar-refractivity contribution in [1.29, 1.82) is 0 Å². The van der Waals surface area contributed by atoms with Crippen LogP contribution < -0.4 is 0 Å². The number of ketones is 1. The van der Waals surface area contributed by atoms with Crippen molar-refractivity contribution >= 4 is 18.2 Å². The van der Waals surface area contributed by atoms with Gasteiger partial charge in [-0.1, -0.05) is 42.5 Å². The molecule has 0 spiro atoms. The highest BCUT2D eigenvalue weighted by atomic mass is 35.5. The van der Waals surface area contributed by atoms with Crippen LogP contribution in [0.4, 0.5) is 0 Å². The largest absolute Gasteiger partial charge is 0.507 e. The molecule has 2 nitrogen and oxygen atoms in total. The lowest BCUT2D eigenvalue weighted by atomic mass is 10.0. The smallest absolute Gasteiger partial charge is 0.196 e. The number of hydrogen-bond donors (Lipinski definition) is 1. The van der Waals surface area contributed by atoms with E-state index in [4.69, 9.17) is 0 Å². The summed E-state index contributed by atoms with van der Waals surface area (Å²) in [5.74, 6) is -0.139. The third kappa shape index (κ3) is 2.41. The van der Waals surface area contributed by atoms with Gasteiger partial charge in [0.05, 0.1) is 5.56 Å². The van der Waals surface area contributed by atoms with Gasteiger partial charge in [-0.15, -0.1) is 12.4 Å². The Kier molecular flexibility index (Phi) is 4.09. The van der Waals surface area contributed by atoms with Crippen LogP contribution in [0, 0.1) is 0 Å². The first-order valence-corrected chi connectivity index (χ1v) is 4.67. The predicted octanol–water partition coefficient (Wildman–Crippen LogP) is 3.05. The number of halogens is 1. The van der Waals surface area contributed by atoms with Gasteiger partial charge >= 0.3 is 0 Å². The minimum atomic E-state index is -0.159. The third-order valence-electron chi connectivity index (χ3n) is 2.18. The summed E-state index contributed by atoms with van der Waals surface area (Å²) in [7, 11) is 0. The van der Waals surface area contributed by atoms with E-state index < -0.39 is 0 Å². The fourth-order valence-corrected chi connectivity index (χ4v) is 1.41. The maximum atomic E-state index is 11.9. The molecule has 0 unspecified atom stereocenters. The van der Waals surface area contributed by atoms with E-state index in [1.165, 1.54) is 6.07 Å². The third-order valence-corrected chi connectivity index (χ3v) is 2.18. The summed E-state index contributed by atoms with van der Waals surface area (Å²) < 4.78 is 0.